The smallest absolute Gasteiger partial charge is 0.227 e. The molecule has 0 atom stereocenters. The summed E-state index contributed by atoms with van der Waals surface area (Å²) < 4.78 is 18.3. The van der Waals surface area contributed by atoms with E-state index in [1.165, 1.54) is 31.4 Å². The number of nitrogens with one attached hydrogen (secondary N) is 2. The summed E-state index contributed by atoms with van der Waals surface area (Å²) in [5.74, 6) is 1.68. The van der Waals surface area contributed by atoms with Crippen molar-refractivity contribution in [3.05, 3.63) is 54.1 Å². The third kappa shape index (κ3) is 3.69. The normalized spacial score (nSPS) is 14.2. The molecule has 1 aliphatic rings. The topological polar surface area (TPSA) is 67.0 Å². The number of hydrogen-bond donors (Lipinski definition) is 2. The second kappa shape index (κ2) is 7.15. The molecular formula is C20H20FN3O2. The quantitative estimate of drug-likeness (QED) is 0.691. The van der Waals surface area contributed by atoms with Gasteiger partial charge in [-0.1, -0.05) is 6.42 Å². The minimum Gasteiger partial charge on any atom is -0.493 e. The molecule has 0 unspecified atom stereocenters. The van der Waals surface area contributed by atoms with Crippen LogP contribution in [0.3, 0.4) is 0 Å². The number of aromatic nitrogens is 2. The Morgan fingerprint density at radius 3 is 2.77 bits per heavy atom. The standard InChI is InChI=1S/C20H20FN3O2/c21-14-4-7-16(8-5-14)26-11-10-19(25)22-15-6-9-17-18(12-15)24-20(23-17)13-2-1-3-13/h4-9,12-13H,1-3,10-11H2,(H,22,25)(H,23,24). The van der Waals surface area contributed by atoms with Crippen molar-refractivity contribution in [1.82, 2.24) is 9.97 Å². The highest BCUT2D eigenvalue weighted by Gasteiger charge is 2.22. The van der Waals surface area contributed by atoms with Gasteiger partial charge in [0.15, 0.2) is 0 Å². The minimum absolute atomic E-state index is 0.134. The molecule has 4 rings (SSSR count). The molecule has 0 spiro atoms. The number of benzene rings is 2. The van der Waals surface area contributed by atoms with E-state index < -0.39 is 0 Å². The molecule has 1 aliphatic carbocycles. The first kappa shape index (κ1) is 16.6. The van der Waals surface area contributed by atoms with Gasteiger partial charge >= 0.3 is 0 Å². The summed E-state index contributed by atoms with van der Waals surface area (Å²) in [4.78, 5) is 20.1. The minimum atomic E-state index is -0.315. The fraction of sp³-hybridized carbons (Fsp3) is 0.300. The highest BCUT2D eigenvalue weighted by Crippen LogP contribution is 2.35. The Morgan fingerprint density at radius 1 is 1.23 bits per heavy atom. The van der Waals surface area contributed by atoms with Gasteiger partial charge in [0.2, 0.25) is 5.91 Å². The molecular weight excluding hydrogens is 333 g/mol. The van der Waals surface area contributed by atoms with E-state index in [1.54, 1.807) is 12.1 Å². The van der Waals surface area contributed by atoms with Gasteiger partial charge in [-0.15, -0.1) is 0 Å². The van der Waals surface area contributed by atoms with Crippen LogP contribution < -0.4 is 10.1 Å². The number of nitrogens with zero attached hydrogens (tertiary/aromatic N) is 1. The predicted molar refractivity (Wildman–Crippen MR) is 97.8 cm³/mol. The molecule has 26 heavy (non-hydrogen) atoms. The molecule has 2 N–H and O–H groups in total. The van der Waals surface area contributed by atoms with Crippen molar-refractivity contribution in [2.45, 2.75) is 31.6 Å². The molecule has 1 fully saturated rings. The van der Waals surface area contributed by atoms with Crippen molar-refractivity contribution in [1.29, 1.82) is 0 Å². The van der Waals surface area contributed by atoms with E-state index in [-0.39, 0.29) is 24.8 Å². The summed E-state index contributed by atoms with van der Waals surface area (Å²) in [6.07, 6.45) is 3.86. The Labute approximate surface area is 150 Å². The number of carbonyl (C=O) groups excluding carboxylic acids is 1. The van der Waals surface area contributed by atoms with Crippen LogP contribution in [0.25, 0.3) is 11.0 Å². The van der Waals surface area contributed by atoms with Crippen LogP contribution in [0.2, 0.25) is 0 Å². The number of ether oxygens (including phenoxy) is 1. The number of fused-ring (bicyclic) bond motifs is 1. The molecule has 1 saturated carbocycles. The number of amides is 1. The number of H-pyrrole nitrogens is 1. The van der Waals surface area contributed by atoms with Crippen LogP contribution in [-0.4, -0.2) is 22.5 Å². The van der Waals surface area contributed by atoms with Crippen molar-refractivity contribution in [2.75, 3.05) is 11.9 Å². The Bertz CT molecular complexity index is 916. The predicted octanol–water partition coefficient (Wildman–Crippen LogP) is 4.38. The molecule has 1 heterocycles. The zero-order chi connectivity index (χ0) is 17.9. The van der Waals surface area contributed by atoms with Crippen LogP contribution >= 0.6 is 0 Å². The van der Waals surface area contributed by atoms with Crippen LogP contribution in [0.15, 0.2) is 42.5 Å². The molecule has 0 bridgehead atoms. The Balaban J connectivity index is 1.32. The number of hydrogen-bond acceptors (Lipinski definition) is 3. The number of halogens is 1. The first-order valence-corrected chi connectivity index (χ1v) is 8.85. The molecule has 0 saturated heterocycles. The molecule has 5 nitrogen and oxygen atoms in total. The summed E-state index contributed by atoms with van der Waals surface area (Å²) in [6.45, 7) is 0.232. The molecule has 0 radical (unpaired) electrons. The lowest BCUT2D eigenvalue weighted by molar-refractivity contribution is -0.116. The first-order valence-electron chi connectivity index (χ1n) is 8.85. The molecule has 1 amide bonds. The molecule has 3 aromatic rings. The Hall–Kier alpha value is -2.89. The van der Waals surface area contributed by atoms with Gasteiger partial charge < -0.3 is 15.0 Å². The second-order valence-corrected chi connectivity index (χ2v) is 6.58. The van der Waals surface area contributed by atoms with Crippen LogP contribution in [-0.2, 0) is 4.79 Å². The molecule has 0 aliphatic heterocycles. The van der Waals surface area contributed by atoms with Crippen molar-refractivity contribution >= 4 is 22.6 Å². The van der Waals surface area contributed by atoms with Crippen molar-refractivity contribution < 1.29 is 13.9 Å². The van der Waals surface area contributed by atoms with Gasteiger partial charge in [-0.25, -0.2) is 9.37 Å². The zero-order valence-corrected chi connectivity index (χ0v) is 14.3. The number of carbonyl (C=O) groups is 1. The van der Waals surface area contributed by atoms with E-state index in [4.69, 9.17) is 4.74 Å². The lowest BCUT2D eigenvalue weighted by Gasteiger charge is -2.22. The molecule has 2 aromatic carbocycles. The average molecular weight is 353 g/mol. The lowest BCUT2D eigenvalue weighted by atomic mass is 9.85. The highest BCUT2D eigenvalue weighted by molar-refractivity contribution is 5.93. The van der Waals surface area contributed by atoms with Crippen LogP contribution in [0.4, 0.5) is 10.1 Å². The van der Waals surface area contributed by atoms with Gasteiger partial charge in [-0.05, 0) is 55.3 Å². The maximum Gasteiger partial charge on any atom is 0.227 e. The second-order valence-electron chi connectivity index (χ2n) is 6.58. The number of imidazole rings is 1. The zero-order valence-electron chi connectivity index (χ0n) is 14.3. The monoisotopic (exact) mass is 353 g/mol. The van der Waals surface area contributed by atoms with Gasteiger partial charge in [0.05, 0.1) is 24.1 Å². The van der Waals surface area contributed by atoms with Gasteiger partial charge in [-0.3, -0.25) is 4.79 Å². The summed E-state index contributed by atoms with van der Waals surface area (Å²) in [7, 11) is 0. The molecule has 134 valence electrons. The van der Waals surface area contributed by atoms with Gasteiger partial charge in [0, 0.05) is 11.6 Å². The first-order chi connectivity index (χ1) is 12.7. The highest BCUT2D eigenvalue weighted by atomic mass is 19.1. The van der Waals surface area contributed by atoms with E-state index in [0.717, 1.165) is 22.5 Å². The van der Waals surface area contributed by atoms with E-state index in [1.807, 2.05) is 18.2 Å². The Morgan fingerprint density at radius 2 is 2.04 bits per heavy atom. The van der Waals surface area contributed by atoms with Crippen molar-refractivity contribution in [3.8, 4) is 5.75 Å². The van der Waals surface area contributed by atoms with Crippen molar-refractivity contribution in [2.24, 2.45) is 0 Å². The molecule has 1 aromatic heterocycles. The van der Waals surface area contributed by atoms with Gasteiger partial charge in [-0.2, -0.15) is 0 Å². The number of aromatic amines is 1. The number of rotatable bonds is 6. The van der Waals surface area contributed by atoms with E-state index in [0.29, 0.717) is 11.7 Å². The fourth-order valence-electron chi connectivity index (χ4n) is 3.00. The molecule has 6 heteroatoms. The Kier molecular flexibility index (Phi) is 4.56. The lowest BCUT2D eigenvalue weighted by Crippen LogP contribution is -2.15. The third-order valence-corrected chi connectivity index (χ3v) is 4.69. The van der Waals surface area contributed by atoms with Gasteiger partial charge in [0.1, 0.15) is 17.4 Å². The average Bonchev–Trinajstić information content (AvgIpc) is 2.97. The maximum absolute atomic E-state index is 12.8. The van der Waals surface area contributed by atoms with Crippen LogP contribution in [0.1, 0.15) is 37.4 Å². The van der Waals surface area contributed by atoms with Gasteiger partial charge in [0.25, 0.3) is 0 Å². The summed E-state index contributed by atoms with van der Waals surface area (Å²) in [5, 5.41) is 2.87. The van der Waals surface area contributed by atoms with E-state index in [9.17, 15) is 9.18 Å². The SMILES string of the molecule is O=C(CCOc1ccc(F)cc1)Nc1ccc2nc(C3CCC3)[nH]c2c1. The fourth-order valence-corrected chi connectivity index (χ4v) is 3.00. The largest absolute Gasteiger partial charge is 0.493 e. The van der Waals surface area contributed by atoms with Crippen molar-refractivity contribution in [3.63, 3.8) is 0 Å². The van der Waals surface area contributed by atoms with E-state index in [2.05, 4.69) is 15.3 Å². The van der Waals surface area contributed by atoms with Crippen LogP contribution in [0.5, 0.6) is 5.75 Å². The van der Waals surface area contributed by atoms with Crippen LogP contribution in [0, 0.1) is 5.82 Å². The maximum atomic E-state index is 12.8. The summed E-state index contributed by atoms with van der Waals surface area (Å²) in [5.41, 5.74) is 2.59. The summed E-state index contributed by atoms with van der Waals surface area (Å²) >= 11 is 0. The summed E-state index contributed by atoms with van der Waals surface area (Å²) in [6, 6.07) is 11.4. The number of anilines is 1. The van der Waals surface area contributed by atoms with E-state index >= 15 is 0 Å². The third-order valence-electron chi connectivity index (χ3n) is 4.69.